The van der Waals surface area contributed by atoms with Crippen molar-refractivity contribution in [3.05, 3.63) is 53.6 Å². The van der Waals surface area contributed by atoms with E-state index in [9.17, 15) is 4.79 Å². The van der Waals surface area contributed by atoms with Gasteiger partial charge in [0.1, 0.15) is 0 Å². The van der Waals surface area contributed by atoms with Crippen LogP contribution in [0, 0.1) is 13.8 Å². The number of amides is 1. The van der Waals surface area contributed by atoms with Gasteiger partial charge in [-0.05, 0) is 54.0 Å². The maximum atomic E-state index is 13.1. The third-order valence-electron chi connectivity index (χ3n) is 4.96. The Labute approximate surface area is 179 Å². The van der Waals surface area contributed by atoms with Crippen molar-refractivity contribution in [2.45, 2.75) is 42.5 Å². The second-order valence-corrected chi connectivity index (χ2v) is 9.56. The van der Waals surface area contributed by atoms with Gasteiger partial charge < -0.3 is 4.90 Å². The first-order valence-electron chi connectivity index (χ1n) is 9.58. The Morgan fingerprint density at radius 2 is 1.93 bits per heavy atom. The molecule has 0 radical (unpaired) electrons. The number of carbonyl (C=O) groups excluding carboxylic acids is 1. The van der Waals surface area contributed by atoms with E-state index in [1.807, 2.05) is 66.9 Å². The molecule has 6 nitrogen and oxygen atoms in total. The molecular weight excluding hydrogens is 402 g/mol. The fourth-order valence-corrected chi connectivity index (χ4v) is 5.36. The van der Waals surface area contributed by atoms with Gasteiger partial charge in [0, 0.05) is 16.7 Å². The Morgan fingerprint density at radius 3 is 2.72 bits per heavy atom. The number of rotatable bonds is 4. The summed E-state index contributed by atoms with van der Waals surface area (Å²) < 4.78 is 1.73. The van der Waals surface area contributed by atoms with Crippen LogP contribution in [0.5, 0.6) is 0 Å². The van der Waals surface area contributed by atoms with E-state index in [4.69, 9.17) is 0 Å². The van der Waals surface area contributed by atoms with Gasteiger partial charge in [-0.3, -0.25) is 4.79 Å². The van der Waals surface area contributed by atoms with Crippen molar-refractivity contribution in [3.8, 4) is 5.69 Å². The molecule has 1 atom stereocenters. The van der Waals surface area contributed by atoms with Crippen molar-refractivity contribution < 1.29 is 4.79 Å². The van der Waals surface area contributed by atoms with Crippen LogP contribution < -0.4 is 4.90 Å². The summed E-state index contributed by atoms with van der Waals surface area (Å²) in [6, 6.07) is 14.2. The van der Waals surface area contributed by atoms with Crippen molar-refractivity contribution >= 4 is 35.1 Å². The standard InChI is InChI=1S/C21H23N5OS2/c1-14-7-6-8-15(2)20(14)26-21(22-23-24-26)28-13-19(27)25-12-11-16(3)29-18-10-5-4-9-17(18)25/h4-10,16H,11-13H2,1-3H3. The Bertz CT molecular complexity index is 1020. The van der Waals surface area contributed by atoms with E-state index < -0.39 is 0 Å². The summed E-state index contributed by atoms with van der Waals surface area (Å²) in [7, 11) is 0. The van der Waals surface area contributed by atoms with E-state index in [2.05, 4.69) is 28.5 Å². The lowest BCUT2D eigenvalue weighted by atomic mass is 10.1. The molecule has 4 rings (SSSR count). The largest absolute Gasteiger partial charge is 0.311 e. The molecule has 0 fully saturated rings. The molecule has 0 spiro atoms. The van der Waals surface area contributed by atoms with Crippen molar-refractivity contribution in [1.29, 1.82) is 0 Å². The number of anilines is 1. The SMILES string of the molecule is Cc1cccc(C)c1-n1nnnc1SCC(=O)N1CCC(C)Sc2ccccc21. The highest BCUT2D eigenvalue weighted by Crippen LogP contribution is 2.37. The molecule has 1 aromatic heterocycles. The number of benzene rings is 2. The van der Waals surface area contributed by atoms with Crippen LogP contribution in [-0.2, 0) is 4.79 Å². The molecule has 1 unspecified atom stereocenters. The smallest absolute Gasteiger partial charge is 0.237 e. The van der Waals surface area contributed by atoms with Gasteiger partial charge in [-0.1, -0.05) is 49.0 Å². The molecule has 0 aliphatic carbocycles. The topological polar surface area (TPSA) is 63.9 Å². The van der Waals surface area contributed by atoms with Crippen LogP contribution in [0.1, 0.15) is 24.5 Å². The molecule has 0 bridgehead atoms. The van der Waals surface area contributed by atoms with E-state index in [0.29, 0.717) is 16.2 Å². The van der Waals surface area contributed by atoms with Gasteiger partial charge in [0.2, 0.25) is 11.1 Å². The van der Waals surface area contributed by atoms with Crippen molar-refractivity contribution in [1.82, 2.24) is 20.2 Å². The molecule has 1 amide bonds. The number of aromatic nitrogens is 4. The number of para-hydroxylation sites is 2. The fraction of sp³-hybridized carbons (Fsp3) is 0.333. The van der Waals surface area contributed by atoms with Gasteiger partial charge in [-0.15, -0.1) is 16.9 Å². The van der Waals surface area contributed by atoms with Crippen molar-refractivity contribution in [2.24, 2.45) is 0 Å². The molecular formula is C21H23N5OS2. The first-order chi connectivity index (χ1) is 14.0. The third kappa shape index (κ3) is 4.18. The zero-order chi connectivity index (χ0) is 20.4. The van der Waals surface area contributed by atoms with Gasteiger partial charge in [0.25, 0.3) is 0 Å². The molecule has 0 N–H and O–H groups in total. The summed E-state index contributed by atoms with van der Waals surface area (Å²) in [5.41, 5.74) is 4.16. The minimum atomic E-state index is 0.0770. The number of nitrogens with zero attached hydrogens (tertiary/aromatic N) is 5. The number of aryl methyl sites for hydroxylation is 2. The Hall–Kier alpha value is -2.32. The lowest BCUT2D eigenvalue weighted by Crippen LogP contribution is -2.33. The molecule has 0 saturated heterocycles. The summed E-state index contributed by atoms with van der Waals surface area (Å²) in [5.74, 6) is 0.367. The summed E-state index contributed by atoms with van der Waals surface area (Å²) in [6.07, 6.45) is 0.968. The van der Waals surface area contributed by atoms with Crippen LogP contribution in [0.4, 0.5) is 5.69 Å². The number of hydrogen-bond acceptors (Lipinski definition) is 6. The van der Waals surface area contributed by atoms with Crippen molar-refractivity contribution in [2.75, 3.05) is 17.2 Å². The van der Waals surface area contributed by atoms with Crippen LogP contribution in [0.15, 0.2) is 52.5 Å². The molecule has 0 saturated carbocycles. The predicted octanol–water partition coefficient (Wildman–Crippen LogP) is 4.29. The highest BCUT2D eigenvalue weighted by molar-refractivity contribution is 8.00. The number of hydrogen-bond donors (Lipinski definition) is 0. The van der Waals surface area contributed by atoms with Gasteiger partial charge in [-0.2, -0.15) is 4.68 Å². The minimum absolute atomic E-state index is 0.0770. The van der Waals surface area contributed by atoms with Crippen LogP contribution in [0.2, 0.25) is 0 Å². The van der Waals surface area contributed by atoms with E-state index in [-0.39, 0.29) is 5.91 Å². The quantitative estimate of drug-likeness (QED) is 0.581. The normalized spacial score (nSPS) is 16.4. The third-order valence-corrected chi connectivity index (χ3v) is 7.10. The van der Waals surface area contributed by atoms with Crippen LogP contribution in [0.25, 0.3) is 5.69 Å². The molecule has 8 heteroatoms. The molecule has 1 aliphatic rings. The van der Waals surface area contributed by atoms with Gasteiger partial charge in [0.15, 0.2) is 0 Å². The second-order valence-electron chi connectivity index (χ2n) is 7.13. The molecule has 3 aromatic rings. The zero-order valence-electron chi connectivity index (χ0n) is 16.7. The number of thioether (sulfide) groups is 2. The minimum Gasteiger partial charge on any atom is -0.311 e. The van der Waals surface area contributed by atoms with E-state index in [1.165, 1.54) is 11.8 Å². The average molecular weight is 426 g/mol. The van der Waals surface area contributed by atoms with Crippen LogP contribution >= 0.6 is 23.5 Å². The maximum Gasteiger partial charge on any atom is 0.237 e. The van der Waals surface area contributed by atoms with E-state index in [0.717, 1.165) is 40.4 Å². The molecule has 2 heterocycles. The number of carbonyl (C=O) groups is 1. The first kappa shape index (κ1) is 20.0. The highest BCUT2D eigenvalue weighted by Gasteiger charge is 2.25. The van der Waals surface area contributed by atoms with Crippen LogP contribution in [-0.4, -0.2) is 43.7 Å². The lowest BCUT2D eigenvalue weighted by Gasteiger charge is -2.22. The monoisotopic (exact) mass is 425 g/mol. The molecule has 2 aromatic carbocycles. The lowest BCUT2D eigenvalue weighted by molar-refractivity contribution is -0.116. The van der Waals surface area contributed by atoms with Gasteiger partial charge >= 0.3 is 0 Å². The summed E-state index contributed by atoms with van der Waals surface area (Å²) >= 11 is 3.21. The number of fused-ring (bicyclic) bond motifs is 1. The molecule has 1 aliphatic heterocycles. The Morgan fingerprint density at radius 1 is 1.17 bits per heavy atom. The zero-order valence-corrected chi connectivity index (χ0v) is 18.3. The van der Waals surface area contributed by atoms with Crippen molar-refractivity contribution in [3.63, 3.8) is 0 Å². The average Bonchev–Trinajstić information content (AvgIpc) is 3.08. The Balaban J connectivity index is 1.54. The molecule has 29 heavy (non-hydrogen) atoms. The summed E-state index contributed by atoms with van der Waals surface area (Å²) in [5, 5.41) is 13.3. The van der Waals surface area contributed by atoms with E-state index in [1.54, 1.807) is 4.68 Å². The van der Waals surface area contributed by atoms with Crippen LogP contribution in [0.3, 0.4) is 0 Å². The fourth-order valence-electron chi connectivity index (χ4n) is 3.50. The maximum absolute atomic E-state index is 13.1. The second kappa shape index (κ2) is 8.59. The summed E-state index contributed by atoms with van der Waals surface area (Å²) in [4.78, 5) is 16.2. The first-order valence-corrected chi connectivity index (χ1v) is 11.4. The Kier molecular flexibility index (Phi) is 5.91. The highest BCUT2D eigenvalue weighted by atomic mass is 32.2. The summed E-state index contributed by atoms with van der Waals surface area (Å²) in [6.45, 7) is 7.02. The predicted molar refractivity (Wildman–Crippen MR) is 118 cm³/mol. The molecule has 150 valence electrons. The van der Waals surface area contributed by atoms with Gasteiger partial charge in [-0.25, -0.2) is 0 Å². The van der Waals surface area contributed by atoms with Gasteiger partial charge in [0.05, 0.1) is 17.1 Å². The number of tetrazole rings is 1. The van der Waals surface area contributed by atoms with E-state index >= 15 is 0 Å².